The maximum Gasteiger partial charge on any atom is 0.167 e. The lowest BCUT2D eigenvalue weighted by atomic mass is 10.1. The van der Waals surface area contributed by atoms with Gasteiger partial charge in [0.25, 0.3) is 0 Å². The first-order chi connectivity index (χ1) is 11.5. The fraction of sp³-hybridized carbons (Fsp3) is 0.368. The van der Waals surface area contributed by atoms with Crippen LogP contribution in [0.5, 0.6) is 11.5 Å². The molecule has 0 radical (unpaired) electrons. The predicted molar refractivity (Wildman–Crippen MR) is 90.6 cm³/mol. The highest BCUT2D eigenvalue weighted by atomic mass is 19.1. The molecule has 0 N–H and O–H groups in total. The summed E-state index contributed by atoms with van der Waals surface area (Å²) in [6.07, 6.45) is 1.99. The number of methoxy groups -OCH3 is 1. The fourth-order valence-corrected chi connectivity index (χ4v) is 2.45. The van der Waals surface area contributed by atoms with E-state index in [1.807, 2.05) is 32.3 Å². The number of aryl methyl sites for hydroxylation is 1. The van der Waals surface area contributed by atoms with Crippen LogP contribution in [-0.4, -0.2) is 32.6 Å². The molecule has 0 aliphatic rings. The summed E-state index contributed by atoms with van der Waals surface area (Å²) in [7, 11) is 5.68. The Morgan fingerprint density at radius 1 is 1.00 bits per heavy atom. The van der Waals surface area contributed by atoms with E-state index in [1.54, 1.807) is 7.11 Å². The molecule has 0 unspecified atom stereocenters. The Kier molecular flexibility index (Phi) is 6.55. The highest BCUT2D eigenvalue weighted by Gasteiger charge is 2.09. The molecule has 0 saturated heterocycles. The Hall–Kier alpha value is -2.14. The van der Waals surface area contributed by atoms with Crippen LogP contribution in [0.15, 0.2) is 36.4 Å². The van der Waals surface area contributed by atoms with E-state index in [4.69, 9.17) is 9.47 Å². The zero-order valence-corrected chi connectivity index (χ0v) is 14.3. The topological polar surface area (TPSA) is 21.7 Å². The molecule has 0 atom stereocenters. The van der Waals surface area contributed by atoms with Crippen molar-refractivity contribution >= 4 is 0 Å². The molecule has 3 nitrogen and oxygen atoms in total. The van der Waals surface area contributed by atoms with Crippen LogP contribution in [0.25, 0.3) is 0 Å². The van der Waals surface area contributed by atoms with E-state index in [2.05, 4.69) is 4.90 Å². The van der Waals surface area contributed by atoms with Gasteiger partial charge in [-0.15, -0.1) is 0 Å². The summed E-state index contributed by atoms with van der Waals surface area (Å²) in [6, 6.07) is 9.20. The van der Waals surface area contributed by atoms with E-state index < -0.39 is 11.6 Å². The van der Waals surface area contributed by atoms with E-state index in [0.717, 1.165) is 31.0 Å². The second kappa shape index (κ2) is 8.64. The lowest BCUT2D eigenvalue weighted by molar-refractivity contribution is 0.281. The molecule has 2 aromatic rings. The van der Waals surface area contributed by atoms with Crippen molar-refractivity contribution in [2.24, 2.45) is 0 Å². The predicted octanol–water partition coefficient (Wildman–Crippen LogP) is 4.05. The first-order valence-corrected chi connectivity index (χ1v) is 7.88. The Balaban J connectivity index is 2.06. The molecule has 0 bridgehead atoms. The third kappa shape index (κ3) is 5.20. The van der Waals surface area contributed by atoms with Gasteiger partial charge in [-0.25, -0.2) is 8.78 Å². The van der Waals surface area contributed by atoms with Gasteiger partial charge in [0, 0.05) is 11.6 Å². The summed E-state index contributed by atoms with van der Waals surface area (Å²) < 4.78 is 37.4. The highest BCUT2D eigenvalue weighted by Crippen LogP contribution is 2.24. The Morgan fingerprint density at radius 3 is 2.42 bits per heavy atom. The molecule has 0 aromatic heterocycles. The number of benzene rings is 2. The Labute approximate surface area is 141 Å². The van der Waals surface area contributed by atoms with Gasteiger partial charge in [0.15, 0.2) is 11.6 Å². The SMILES string of the molecule is COc1ccc(CCCN(C)C)cc1COc1ccc(F)cc1F. The molecule has 2 rings (SSSR count). The first-order valence-electron chi connectivity index (χ1n) is 7.88. The molecule has 0 saturated carbocycles. The molecule has 0 aliphatic heterocycles. The van der Waals surface area contributed by atoms with Gasteiger partial charge in [0.05, 0.1) is 7.11 Å². The summed E-state index contributed by atoms with van der Waals surface area (Å²) in [5.74, 6) is -0.623. The third-order valence-electron chi connectivity index (χ3n) is 3.69. The molecule has 24 heavy (non-hydrogen) atoms. The standard InChI is InChI=1S/C19H23F2NO2/c1-22(2)10-4-5-14-6-8-18(23-3)15(11-14)13-24-19-9-7-16(20)12-17(19)21/h6-9,11-12H,4-5,10,13H2,1-3H3. The van der Waals surface area contributed by atoms with Crippen LogP contribution in [0.2, 0.25) is 0 Å². The lowest BCUT2D eigenvalue weighted by Gasteiger charge is -2.13. The van der Waals surface area contributed by atoms with E-state index in [9.17, 15) is 8.78 Å². The molecule has 0 spiro atoms. The number of nitrogens with zero attached hydrogens (tertiary/aromatic N) is 1. The van der Waals surface area contributed by atoms with Crippen LogP contribution >= 0.6 is 0 Å². The summed E-state index contributed by atoms with van der Waals surface area (Å²) >= 11 is 0. The molecule has 5 heteroatoms. The fourth-order valence-electron chi connectivity index (χ4n) is 2.45. The van der Waals surface area contributed by atoms with Crippen LogP contribution in [0.4, 0.5) is 8.78 Å². The monoisotopic (exact) mass is 335 g/mol. The largest absolute Gasteiger partial charge is 0.496 e. The summed E-state index contributed by atoms with van der Waals surface area (Å²) in [5, 5.41) is 0. The summed E-state index contributed by atoms with van der Waals surface area (Å²) in [6.45, 7) is 1.17. The molecule has 130 valence electrons. The molecular weight excluding hydrogens is 312 g/mol. The normalized spacial score (nSPS) is 10.9. The zero-order valence-electron chi connectivity index (χ0n) is 14.3. The second-order valence-corrected chi connectivity index (χ2v) is 5.92. The van der Waals surface area contributed by atoms with Gasteiger partial charge in [0.1, 0.15) is 18.2 Å². The molecule has 0 aliphatic carbocycles. The van der Waals surface area contributed by atoms with Crippen molar-refractivity contribution in [1.29, 1.82) is 0 Å². The van der Waals surface area contributed by atoms with Gasteiger partial charge in [-0.1, -0.05) is 6.07 Å². The van der Waals surface area contributed by atoms with Crippen molar-refractivity contribution in [2.75, 3.05) is 27.7 Å². The van der Waals surface area contributed by atoms with Crippen LogP contribution in [0, 0.1) is 11.6 Å². The second-order valence-electron chi connectivity index (χ2n) is 5.92. The minimum absolute atomic E-state index is 0.0245. The van der Waals surface area contributed by atoms with Crippen LogP contribution in [0.3, 0.4) is 0 Å². The molecule has 0 amide bonds. The van der Waals surface area contributed by atoms with Crippen molar-refractivity contribution in [2.45, 2.75) is 19.4 Å². The summed E-state index contributed by atoms with van der Waals surface area (Å²) in [4.78, 5) is 2.14. The first kappa shape index (κ1) is 18.2. The molecular formula is C19H23F2NO2. The quantitative estimate of drug-likeness (QED) is 0.726. The van der Waals surface area contributed by atoms with E-state index >= 15 is 0 Å². The average molecular weight is 335 g/mol. The Bertz CT molecular complexity index is 674. The Morgan fingerprint density at radius 2 is 1.75 bits per heavy atom. The number of rotatable bonds is 8. The van der Waals surface area contributed by atoms with Crippen molar-refractivity contribution in [3.63, 3.8) is 0 Å². The summed E-state index contributed by atoms with van der Waals surface area (Å²) in [5.41, 5.74) is 2.01. The zero-order chi connectivity index (χ0) is 17.5. The van der Waals surface area contributed by atoms with E-state index in [1.165, 1.54) is 17.7 Å². The third-order valence-corrected chi connectivity index (χ3v) is 3.69. The average Bonchev–Trinajstić information content (AvgIpc) is 2.54. The maximum atomic E-state index is 13.7. The number of halogens is 2. The van der Waals surface area contributed by atoms with E-state index in [-0.39, 0.29) is 12.4 Å². The van der Waals surface area contributed by atoms with Gasteiger partial charge in [0.2, 0.25) is 0 Å². The number of ether oxygens (including phenoxy) is 2. The van der Waals surface area contributed by atoms with Gasteiger partial charge < -0.3 is 14.4 Å². The van der Waals surface area contributed by atoms with Crippen LogP contribution < -0.4 is 9.47 Å². The smallest absolute Gasteiger partial charge is 0.167 e. The van der Waals surface area contributed by atoms with E-state index in [0.29, 0.717) is 5.75 Å². The van der Waals surface area contributed by atoms with Crippen molar-refractivity contribution in [3.8, 4) is 11.5 Å². The lowest BCUT2D eigenvalue weighted by Crippen LogP contribution is -2.13. The van der Waals surface area contributed by atoms with Crippen molar-refractivity contribution in [1.82, 2.24) is 4.90 Å². The number of hydrogen-bond acceptors (Lipinski definition) is 3. The molecule has 0 heterocycles. The van der Waals surface area contributed by atoms with Gasteiger partial charge in [-0.2, -0.15) is 0 Å². The van der Waals surface area contributed by atoms with Crippen LogP contribution in [0.1, 0.15) is 17.5 Å². The molecule has 2 aromatic carbocycles. The molecule has 0 fully saturated rings. The van der Waals surface area contributed by atoms with Gasteiger partial charge in [-0.3, -0.25) is 0 Å². The maximum absolute atomic E-state index is 13.7. The van der Waals surface area contributed by atoms with Crippen molar-refractivity contribution < 1.29 is 18.3 Å². The van der Waals surface area contributed by atoms with Gasteiger partial charge in [-0.05, 0) is 63.3 Å². The number of hydrogen-bond donors (Lipinski definition) is 0. The van der Waals surface area contributed by atoms with Crippen LogP contribution in [-0.2, 0) is 13.0 Å². The minimum atomic E-state index is -0.712. The minimum Gasteiger partial charge on any atom is -0.496 e. The highest BCUT2D eigenvalue weighted by molar-refractivity contribution is 5.37. The van der Waals surface area contributed by atoms with Gasteiger partial charge >= 0.3 is 0 Å². The van der Waals surface area contributed by atoms with Crippen molar-refractivity contribution in [3.05, 3.63) is 59.2 Å².